The number of guanidine groups is 1. The highest BCUT2D eigenvalue weighted by Gasteiger charge is 2.16. The minimum absolute atomic E-state index is 0.178. The second-order valence-corrected chi connectivity index (χ2v) is 6.92. The Kier molecular flexibility index (Phi) is 7.73. The quantitative estimate of drug-likeness (QED) is 0.572. The number of ether oxygens (including phenoxy) is 1. The van der Waals surface area contributed by atoms with Crippen LogP contribution in [0.1, 0.15) is 24.2 Å². The van der Waals surface area contributed by atoms with Crippen molar-refractivity contribution in [2.75, 3.05) is 41.3 Å². The van der Waals surface area contributed by atoms with Crippen molar-refractivity contribution in [3.63, 3.8) is 0 Å². The normalized spacial score (nSPS) is 12.9. The van der Waals surface area contributed by atoms with Crippen LogP contribution in [0.2, 0.25) is 0 Å². The maximum absolute atomic E-state index is 5.38. The average Bonchev–Trinajstić information content (AvgIpc) is 3.05. The molecule has 1 aromatic heterocycles. The Bertz CT molecular complexity index is 738. The summed E-state index contributed by atoms with van der Waals surface area (Å²) >= 11 is 0. The van der Waals surface area contributed by atoms with Gasteiger partial charge in [-0.2, -0.15) is 0 Å². The van der Waals surface area contributed by atoms with E-state index in [1.165, 1.54) is 11.3 Å². The van der Waals surface area contributed by atoms with Crippen molar-refractivity contribution >= 4 is 5.96 Å². The first-order chi connectivity index (χ1) is 13.0. The largest absolute Gasteiger partial charge is 0.497 e. The van der Waals surface area contributed by atoms with Crippen molar-refractivity contribution in [2.45, 2.75) is 19.5 Å². The molecule has 0 radical (unpaired) electrons. The molecule has 0 bridgehead atoms. The van der Waals surface area contributed by atoms with Gasteiger partial charge in [0.15, 0.2) is 5.96 Å². The predicted molar refractivity (Wildman–Crippen MR) is 112 cm³/mol. The molecular weight excluding hydrogens is 338 g/mol. The zero-order valence-corrected chi connectivity index (χ0v) is 17.4. The van der Waals surface area contributed by atoms with E-state index in [0.717, 1.165) is 24.8 Å². The van der Waals surface area contributed by atoms with E-state index in [-0.39, 0.29) is 6.04 Å². The van der Waals surface area contributed by atoms with Gasteiger partial charge in [-0.05, 0) is 50.8 Å². The summed E-state index contributed by atoms with van der Waals surface area (Å²) in [5.74, 6) is 1.78. The van der Waals surface area contributed by atoms with E-state index in [2.05, 4.69) is 85.3 Å². The molecule has 1 aromatic carbocycles. The van der Waals surface area contributed by atoms with Gasteiger partial charge in [-0.1, -0.05) is 12.1 Å². The van der Waals surface area contributed by atoms with Crippen LogP contribution in [0.4, 0.5) is 0 Å². The fourth-order valence-electron chi connectivity index (χ4n) is 3.04. The van der Waals surface area contributed by atoms with Gasteiger partial charge in [-0.25, -0.2) is 0 Å². The van der Waals surface area contributed by atoms with Gasteiger partial charge >= 0.3 is 0 Å². The van der Waals surface area contributed by atoms with Crippen LogP contribution in [0.5, 0.6) is 5.75 Å². The third-order valence-electron chi connectivity index (χ3n) is 4.66. The summed E-state index contributed by atoms with van der Waals surface area (Å²) in [6.45, 7) is 4.40. The number of hydrogen-bond acceptors (Lipinski definition) is 3. The van der Waals surface area contributed by atoms with E-state index in [1.807, 2.05) is 12.1 Å². The Balaban J connectivity index is 2.17. The number of nitrogens with zero attached hydrogens (tertiary/aromatic N) is 4. The third-order valence-corrected chi connectivity index (χ3v) is 4.66. The number of nitrogens with one attached hydrogen (secondary N) is 1. The summed E-state index contributed by atoms with van der Waals surface area (Å²) in [7, 11) is 10.0. The van der Waals surface area contributed by atoms with E-state index in [0.29, 0.717) is 6.54 Å². The topological polar surface area (TPSA) is 45.0 Å². The van der Waals surface area contributed by atoms with Crippen LogP contribution in [0.15, 0.2) is 47.6 Å². The lowest BCUT2D eigenvalue weighted by Crippen LogP contribution is -2.39. The maximum atomic E-state index is 5.38. The molecule has 2 aromatic rings. The minimum atomic E-state index is 0.178. The molecule has 1 unspecified atom stereocenters. The molecule has 1 heterocycles. The molecule has 1 N–H and O–H groups in total. The number of methoxy groups -OCH3 is 1. The first-order valence-corrected chi connectivity index (χ1v) is 9.36. The Morgan fingerprint density at radius 2 is 2.00 bits per heavy atom. The number of aromatic nitrogens is 1. The van der Waals surface area contributed by atoms with Crippen molar-refractivity contribution in [3.05, 3.63) is 53.9 Å². The lowest BCUT2D eigenvalue weighted by Gasteiger charge is -2.26. The van der Waals surface area contributed by atoms with Gasteiger partial charge in [-0.3, -0.25) is 4.99 Å². The second kappa shape index (κ2) is 10.0. The SMILES string of the molecule is CCNC(=NCC(c1cccc(OC)c1)N(C)C)N(C)Cc1cccn1C. The van der Waals surface area contributed by atoms with Crippen LogP contribution >= 0.6 is 0 Å². The molecule has 6 nitrogen and oxygen atoms in total. The number of aliphatic imine (C=N–C) groups is 1. The van der Waals surface area contributed by atoms with Crippen LogP contribution in [0.3, 0.4) is 0 Å². The van der Waals surface area contributed by atoms with Crippen molar-refractivity contribution in [3.8, 4) is 5.75 Å². The van der Waals surface area contributed by atoms with Crippen LogP contribution in [-0.4, -0.2) is 61.7 Å². The molecule has 2 rings (SSSR count). The van der Waals surface area contributed by atoms with Gasteiger partial charge in [0, 0.05) is 32.5 Å². The van der Waals surface area contributed by atoms with Crippen LogP contribution in [0.25, 0.3) is 0 Å². The molecule has 0 aliphatic rings. The number of rotatable bonds is 8. The molecule has 0 spiro atoms. The molecule has 6 heteroatoms. The lowest BCUT2D eigenvalue weighted by atomic mass is 10.1. The van der Waals surface area contributed by atoms with E-state index in [1.54, 1.807) is 7.11 Å². The molecule has 0 saturated carbocycles. The molecule has 0 saturated heterocycles. The zero-order chi connectivity index (χ0) is 19.8. The maximum Gasteiger partial charge on any atom is 0.194 e. The van der Waals surface area contributed by atoms with Gasteiger partial charge in [-0.15, -0.1) is 0 Å². The fraction of sp³-hybridized carbons (Fsp3) is 0.476. The highest BCUT2D eigenvalue weighted by atomic mass is 16.5. The van der Waals surface area contributed by atoms with Crippen molar-refractivity contribution in [2.24, 2.45) is 12.0 Å². The Hall–Kier alpha value is -2.47. The summed E-state index contributed by atoms with van der Waals surface area (Å²) in [5.41, 5.74) is 2.45. The van der Waals surface area contributed by atoms with E-state index >= 15 is 0 Å². The van der Waals surface area contributed by atoms with Gasteiger partial charge in [0.1, 0.15) is 5.75 Å². The summed E-state index contributed by atoms with van der Waals surface area (Å²) in [6, 6.07) is 12.6. The minimum Gasteiger partial charge on any atom is -0.497 e. The Morgan fingerprint density at radius 3 is 2.59 bits per heavy atom. The third kappa shape index (κ3) is 5.76. The van der Waals surface area contributed by atoms with Crippen LogP contribution < -0.4 is 10.1 Å². The van der Waals surface area contributed by atoms with Crippen molar-refractivity contribution in [1.82, 2.24) is 19.7 Å². The zero-order valence-electron chi connectivity index (χ0n) is 17.4. The molecule has 0 fully saturated rings. The Morgan fingerprint density at radius 1 is 1.22 bits per heavy atom. The summed E-state index contributed by atoms with van der Waals surface area (Å²) in [6.07, 6.45) is 2.07. The molecule has 0 aliphatic carbocycles. The summed E-state index contributed by atoms with van der Waals surface area (Å²) in [4.78, 5) is 9.27. The molecule has 148 valence electrons. The smallest absolute Gasteiger partial charge is 0.194 e. The fourth-order valence-corrected chi connectivity index (χ4v) is 3.04. The standard InChI is InChI=1S/C21H33N5O/c1-7-22-21(26(5)16-18-11-9-13-25(18)4)23-15-20(24(2)3)17-10-8-12-19(14-17)27-6/h8-14,20H,7,15-16H2,1-6H3,(H,22,23). The van der Waals surface area contributed by atoms with E-state index in [4.69, 9.17) is 9.73 Å². The molecule has 0 amide bonds. The summed E-state index contributed by atoms with van der Waals surface area (Å²) in [5, 5.41) is 3.41. The molecule has 1 atom stereocenters. The highest BCUT2D eigenvalue weighted by molar-refractivity contribution is 5.79. The highest BCUT2D eigenvalue weighted by Crippen LogP contribution is 2.23. The molecular formula is C21H33N5O. The van der Waals surface area contributed by atoms with Gasteiger partial charge in [0.05, 0.1) is 26.2 Å². The predicted octanol–water partition coefficient (Wildman–Crippen LogP) is 2.73. The first kappa shape index (κ1) is 20.8. The van der Waals surface area contributed by atoms with Crippen LogP contribution in [-0.2, 0) is 13.6 Å². The van der Waals surface area contributed by atoms with Crippen LogP contribution in [0, 0.1) is 0 Å². The number of likely N-dealkylation sites (N-methyl/N-ethyl adjacent to an activating group) is 1. The average molecular weight is 372 g/mol. The number of hydrogen-bond donors (Lipinski definition) is 1. The lowest BCUT2D eigenvalue weighted by molar-refractivity contribution is 0.304. The first-order valence-electron chi connectivity index (χ1n) is 9.36. The number of aryl methyl sites for hydroxylation is 1. The van der Waals surface area contributed by atoms with Gasteiger partial charge < -0.3 is 24.4 Å². The molecule has 0 aliphatic heterocycles. The van der Waals surface area contributed by atoms with Gasteiger partial charge in [0.2, 0.25) is 0 Å². The van der Waals surface area contributed by atoms with Crippen molar-refractivity contribution in [1.29, 1.82) is 0 Å². The number of benzene rings is 1. The molecule has 27 heavy (non-hydrogen) atoms. The Labute approximate surface area is 163 Å². The van der Waals surface area contributed by atoms with E-state index in [9.17, 15) is 0 Å². The van der Waals surface area contributed by atoms with Crippen molar-refractivity contribution < 1.29 is 4.74 Å². The monoisotopic (exact) mass is 371 g/mol. The van der Waals surface area contributed by atoms with Gasteiger partial charge in [0.25, 0.3) is 0 Å². The summed E-state index contributed by atoms with van der Waals surface area (Å²) < 4.78 is 7.52. The van der Waals surface area contributed by atoms with E-state index < -0.39 is 0 Å². The second-order valence-electron chi connectivity index (χ2n) is 6.92.